The summed E-state index contributed by atoms with van der Waals surface area (Å²) in [6, 6.07) is 0. The first-order valence-corrected chi connectivity index (χ1v) is 2.48. The Morgan fingerprint density at radius 1 is 2.00 bits per heavy atom. The van der Waals surface area contributed by atoms with Gasteiger partial charge in [0, 0.05) is 16.5 Å². The van der Waals surface area contributed by atoms with Gasteiger partial charge in [-0.15, -0.1) is 0 Å². The van der Waals surface area contributed by atoms with Crippen molar-refractivity contribution >= 4 is 11.6 Å². The molecule has 0 saturated carbocycles. The lowest BCUT2D eigenvalue weighted by molar-refractivity contribution is 1.20. The van der Waals surface area contributed by atoms with Crippen LogP contribution < -0.4 is 0 Å². The fourth-order valence-corrected chi connectivity index (χ4v) is 0.272. The summed E-state index contributed by atoms with van der Waals surface area (Å²) < 4.78 is 0. The first-order chi connectivity index (χ1) is 3.77. The van der Waals surface area contributed by atoms with Gasteiger partial charge in [0.2, 0.25) is 0 Å². The van der Waals surface area contributed by atoms with Crippen LogP contribution in [0.2, 0.25) is 0 Å². The Hall–Kier alpha value is -0.660. The van der Waals surface area contributed by atoms with E-state index >= 15 is 0 Å². The van der Waals surface area contributed by atoms with Crippen LogP contribution in [0.25, 0.3) is 10.4 Å². The molecule has 3 nitrogen and oxygen atoms in total. The van der Waals surface area contributed by atoms with E-state index in [0.717, 1.165) is 0 Å². The van der Waals surface area contributed by atoms with E-state index in [-0.39, 0.29) is 0 Å². The molecule has 0 rings (SSSR count). The van der Waals surface area contributed by atoms with Crippen molar-refractivity contribution in [2.45, 2.75) is 6.92 Å². The molecule has 44 valence electrons. The van der Waals surface area contributed by atoms with Gasteiger partial charge in [0.15, 0.2) is 0 Å². The second-order valence-corrected chi connectivity index (χ2v) is 1.80. The number of hydrogen-bond donors (Lipinski definition) is 0. The SMILES string of the molecule is C/C(Cl)=C\CN=[N+]=[N-]. The Balaban J connectivity index is 3.44. The third-order valence-electron chi connectivity index (χ3n) is 0.517. The maximum absolute atomic E-state index is 7.77. The first-order valence-electron chi connectivity index (χ1n) is 2.10. The van der Waals surface area contributed by atoms with Crippen molar-refractivity contribution in [2.24, 2.45) is 5.11 Å². The van der Waals surface area contributed by atoms with E-state index in [4.69, 9.17) is 17.1 Å². The fourth-order valence-electron chi connectivity index (χ4n) is 0.203. The van der Waals surface area contributed by atoms with Crippen LogP contribution >= 0.6 is 11.6 Å². The zero-order chi connectivity index (χ0) is 6.41. The highest BCUT2D eigenvalue weighted by molar-refractivity contribution is 6.29. The number of rotatable bonds is 2. The lowest BCUT2D eigenvalue weighted by Crippen LogP contribution is -1.66. The van der Waals surface area contributed by atoms with Crippen LogP contribution in [-0.2, 0) is 0 Å². The second kappa shape index (κ2) is 4.50. The number of azide groups is 1. The summed E-state index contributed by atoms with van der Waals surface area (Å²) in [6.45, 7) is 2.07. The molecule has 0 aromatic rings. The predicted octanol–water partition coefficient (Wildman–Crippen LogP) is 2.44. The van der Waals surface area contributed by atoms with Gasteiger partial charge in [-0.3, -0.25) is 0 Å². The summed E-state index contributed by atoms with van der Waals surface area (Å²) in [4.78, 5) is 2.53. The van der Waals surface area contributed by atoms with E-state index in [0.29, 0.717) is 11.6 Å². The van der Waals surface area contributed by atoms with Crippen molar-refractivity contribution in [3.63, 3.8) is 0 Å². The van der Waals surface area contributed by atoms with Crippen molar-refractivity contribution in [2.75, 3.05) is 6.54 Å². The number of hydrogen-bond acceptors (Lipinski definition) is 1. The fraction of sp³-hybridized carbons (Fsp3) is 0.500. The smallest absolute Gasteiger partial charge is 0.0454 e. The van der Waals surface area contributed by atoms with Crippen LogP contribution in [0.4, 0.5) is 0 Å². The van der Waals surface area contributed by atoms with Crippen LogP contribution in [0.5, 0.6) is 0 Å². The number of allylic oxidation sites excluding steroid dienone is 1. The third-order valence-corrected chi connectivity index (χ3v) is 0.672. The van der Waals surface area contributed by atoms with Crippen molar-refractivity contribution < 1.29 is 0 Å². The molecule has 0 aliphatic rings. The topological polar surface area (TPSA) is 48.8 Å². The Bertz CT molecular complexity index is 130. The highest BCUT2D eigenvalue weighted by atomic mass is 35.5. The molecule has 0 atom stereocenters. The van der Waals surface area contributed by atoms with E-state index in [1.54, 1.807) is 13.0 Å². The molecule has 0 fully saturated rings. The lowest BCUT2D eigenvalue weighted by atomic mass is 10.5. The normalized spacial score (nSPS) is 10.5. The van der Waals surface area contributed by atoms with Crippen LogP contribution in [0.3, 0.4) is 0 Å². The monoisotopic (exact) mass is 131 g/mol. The van der Waals surface area contributed by atoms with Gasteiger partial charge in [0.25, 0.3) is 0 Å². The Kier molecular flexibility index (Phi) is 4.13. The molecule has 0 aromatic carbocycles. The van der Waals surface area contributed by atoms with E-state index in [1.807, 2.05) is 0 Å². The van der Waals surface area contributed by atoms with Crippen molar-refractivity contribution in [1.82, 2.24) is 0 Å². The van der Waals surface area contributed by atoms with Crippen molar-refractivity contribution in [1.29, 1.82) is 0 Å². The van der Waals surface area contributed by atoms with Crippen LogP contribution in [-0.4, -0.2) is 6.54 Å². The molecule has 0 saturated heterocycles. The summed E-state index contributed by atoms with van der Waals surface area (Å²) in [7, 11) is 0. The average Bonchev–Trinajstić information content (AvgIpc) is 1.66. The molecule has 0 aliphatic carbocycles. The molecule has 8 heavy (non-hydrogen) atoms. The zero-order valence-electron chi connectivity index (χ0n) is 4.50. The van der Waals surface area contributed by atoms with E-state index in [1.165, 1.54) is 0 Å². The minimum atomic E-state index is 0.339. The van der Waals surface area contributed by atoms with Crippen LogP contribution in [0.15, 0.2) is 16.2 Å². The second-order valence-electron chi connectivity index (χ2n) is 1.20. The average molecular weight is 132 g/mol. The summed E-state index contributed by atoms with van der Waals surface area (Å²) in [5.74, 6) is 0. The molecular weight excluding hydrogens is 126 g/mol. The molecule has 0 radical (unpaired) electrons. The van der Waals surface area contributed by atoms with Gasteiger partial charge in [-0.25, -0.2) is 0 Å². The van der Waals surface area contributed by atoms with Crippen LogP contribution in [0, 0.1) is 0 Å². The van der Waals surface area contributed by atoms with Gasteiger partial charge in [0.05, 0.1) is 0 Å². The molecule has 4 heteroatoms. The van der Waals surface area contributed by atoms with Gasteiger partial charge < -0.3 is 0 Å². The highest BCUT2D eigenvalue weighted by Crippen LogP contribution is 1.96. The summed E-state index contributed by atoms with van der Waals surface area (Å²) in [5, 5.41) is 3.88. The molecule has 0 heterocycles. The molecule has 0 aromatic heterocycles. The van der Waals surface area contributed by atoms with Gasteiger partial charge in [-0.05, 0) is 12.5 Å². The maximum Gasteiger partial charge on any atom is 0.0454 e. The highest BCUT2D eigenvalue weighted by Gasteiger charge is 1.74. The van der Waals surface area contributed by atoms with E-state index in [9.17, 15) is 0 Å². The number of nitrogens with zero attached hydrogens (tertiary/aromatic N) is 3. The lowest BCUT2D eigenvalue weighted by Gasteiger charge is -1.78. The van der Waals surface area contributed by atoms with E-state index in [2.05, 4.69) is 10.0 Å². The summed E-state index contributed by atoms with van der Waals surface area (Å²) >= 11 is 5.39. The minimum Gasteiger partial charge on any atom is -0.0899 e. The molecule has 0 bridgehead atoms. The minimum absolute atomic E-state index is 0.339. The Morgan fingerprint density at radius 2 is 2.62 bits per heavy atom. The standard InChI is InChI=1S/C4H6ClN3/c1-4(5)2-3-7-8-6/h2H,3H2,1H3/b4-2+. The molecule has 0 amide bonds. The first kappa shape index (κ1) is 7.34. The molecule has 0 aliphatic heterocycles. The van der Waals surface area contributed by atoms with Gasteiger partial charge in [-0.2, -0.15) is 0 Å². The molecule has 0 N–H and O–H groups in total. The maximum atomic E-state index is 7.77. The predicted molar refractivity (Wildman–Crippen MR) is 33.6 cm³/mol. The van der Waals surface area contributed by atoms with Gasteiger partial charge in [0.1, 0.15) is 0 Å². The zero-order valence-corrected chi connectivity index (χ0v) is 5.26. The number of halogens is 1. The Labute approximate surface area is 52.6 Å². The van der Waals surface area contributed by atoms with Crippen molar-refractivity contribution in [3.05, 3.63) is 21.6 Å². The van der Waals surface area contributed by atoms with Crippen molar-refractivity contribution in [3.8, 4) is 0 Å². The van der Waals surface area contributed by atoms with E-state index < -0.39 is 0 Å². The molecular formula is C4H6ClN3. The quantitative estimate of drug-likeness (QED) is 0.314. The van der Waals surface area contributed by atoms with Gasteiger partial charge in [-0.1, -0.05) is 22.8 Å². The Morgan fingerprint density at radius 3 is 3.00 bits per heavy atom. The molecule has 0 unspecified atom stereocenters. The summed E-state index contributed by atoms with van der Waals surface area (Å²) in [5.41, 5.74) is 7.77. The largest absolute Gasteiger partial charge is 0.0899 e. The van der Waals surface area contributed by atoms with Gasteiger partial charge >= 0.3 is 0 Å². The molecule has 0 spiro atoms. The van der Waals surface area contributed by atoms with Crippen LogP contribution in [0.1, 0.15) is 6.92 Å². The third kappa shape index (κ3) is 5.34. The summed E-state index contributed by atoms with van der Waals surface area (Å²) in [6.07, 6.45) is 1.64.